The van der Waals surface area contributed by atoms with Crippen LogP contribution in [0.2, 0.25) is 0 Å². The summed E-state index contributed by atoms with van der Waals surface area (Å²) in [7, 11) is 0. The van der Waals surface area contributed by atoms with Gasteiger partial charge in [-0.05, 0) is 5.92 Å². The van der Waals surface area contributed by atoms with Crippen LogP contribution in [-0.2, 0) is 4.79 Å². The van der Waals surface area contributed by atoms with Gasteiger partial charge >= 0.3 is 5.97 Å². The summed E-state index contributed by atoms with van der Waals surface area (Å²) < 4.78 is 0. The molecule has 0 aromatic carbocycles. The molecular formula is C12H24O2. The van der Waals surface area contributed by atoms with Crippen LogP contribution in [0.25, 0.3) is 0 Å². The lowest BCUT2D eigenvalue weighted by atomic mass is 9.99. The highest BCUT2D eigenvalue weighted by Gasteiger charge is 2.06. The van der Waals surface area contributed by atoms with Crippen molar-refractivity contribution in [1.29, 1.82) is 0 Å². The first-order valence-electron chi connectivity index (χ1n) is 5.88. The molecule has 0 amide bonds. The van der Waals surface area contributed by atoms with Gasteiger partial charge < -0.3 is 5.11 Å². The predicted octanol–water partition coefficient (Wildman–Crippen LogP) is 3.85. The highest BCUT2D eigenvalue weighted by atomic mass is 16.4. The van der Waals surface area contributed by atoms with Gasteiger partial charge in [0.1, 0.15) is 0 Å². The van der Waals surface area contributed by atoms with E-state index >= 15 is 0 Å². The Labute approximate surface area is 87.7 Å². The maximum atomic E-state index is 10.4. The second kappa shape index (κ2) is 9.04. The predicted molar refractivity (Wildman–Crippen MR) is 59.4 cm³/mol. The number of rotatable bonds is 9. The van der Waals surface area contributed by atoms with Crippen molar-refractivity contribution in [1.82, 2.24) is 0 Å². The summed E-state index contributed by atoms with van der Waals surface area (Å²) in [6.45, 7) is 4.25. The first-order chi connectivity index (χ1) is 6.66. The zero-order valence-electron chi connectivity index (χ0n) is 9.59. The molecule has 0 saturated heterocycles. The van der Waals surface area contributed by atoms with Gasteiger partial charge in [0.25, 0.3) is 0 Å². The van der Waals surface area contributed by atoms with Crippen LogP contribution in [0.5, 0.6) is 0 Å². The number of hydrogen-bond acceptors (Lipinski definition) is 1. The lowest BCUT2D eigenvalue weighted by molar-refractivity contribution is -0.138. The highest BCUT2D eigenvalue weighted by molar-refractivity contribution is 5.66. The van der Waals surface area contributed by atoms with Crippen molar-refractivity contribution in [3.63, 3.8) is 0 Å². The molecule has 1 N–H and O–H groups in total. The van der Waals surface area contributed by atoms with E-state index in [1.165, 1.54) is 38.5 Å². The molecule has 0 bridgehead atoms. The average molecular weight is 200 g/mol. The zero-order valence-corrected chi connectivity index (χ0v) is 9.59. The van der Waals surface area contributed by atoms with Crippen LogP contribution in [-0.4, -0.2) is 11.1 Å². The number of carboxylic acid groups (broad SMARTS) is 1. The van der Waals surface area contributed by atoms with E-state index in [2.05, 4.69) is 6.92 Å². The normalized spacial score (nSPS) is 12.7. The van der Waals surface area contributed by atoms with E-state index in [0.29, 0.717) is 12.3 Å². The molecule has 0 aliphatic heterocycles. The first kappa shape index (κ1) is 13.5. The standard InChI is InChI=1S/C12H24O2/c1-3-4-5-6-7-8-9-11(2)10-12(13)14/h11H,3-10H2,1-2H3,(H,13,14). The minimum atomic E-state index is -0.663. The largest absolute Gasteiger partial charge is 0.481 e. The molecule has 0 rings (SSSR count). The maximum Gasteiger partial charge on any atom is 0.303 e. The second-order valence-electron chi connectivity index (χ2n) is 4.26. The zero-order chi connectivity index (χ0) is 10.8. The Morgan fingerprint density at radius 1 is 1.14 bits per heavy atom. The van der Waals surface area contributed by atoms with Crippen LogP contribution in [0.3, 0.4) is 0 Å². The number of carboxylic acids is 1. The quantitative estimate of drug-likeness (QED) is 0.574. The van der Waals surface area contributed by atoms with E-state index in [-0.39, 0.29) is 0 Å². The molecule has 2 heteroatoms. The Balaban J connectivity index is 3.14. The molecule has 84 valence electrons. The summed E-state index contributed by atoms with van der Waals surface area (Å²) in [6, 6.07) is 0. The molecular weight excluding hydrogens is 176 g/mol. The minimum Gasteiger partial charge on any atom is -0.481 e. The number of hydrogen-bond donors (Lipinski definition) is 1. The van der Waals surface area contributed by atoms with E-state index in [1.807, 2.05) is 6.92 Å². The summed E-state index contributed by atoms with van der Waals surface area (Å²) in [4.78, 5) is 10.4. The van der Waals surface area contributed by atoms with Crippen LogP contribution in [0, 0.1) is 5.92 Å². The van der Waals surface area contributed by atoms with E-state index < -0.39 is 5.97 Å². The summed E-state index contributed by atoms with van der Waals surface area (Å²) in [5.41, 5.74) is 0. The molecule has 0 aliphatic carbocycles. The molecule has 0 saturated carbocycles. The fourth-order valence-electron chi connectivity index (χ4n) is 1.67. The molecule has 0 aliphatic rings. The molecule has 1 atom stereocenters. The third kappa shape index (κ3) is 9.56. The SMILES string of the molecule is CCCCCCCCC(C)CC(=O)O. The minimum absolute atomic E-state index is 0.328. The van der Waals surface area contributed by atoms with E-state index in [4.69, 9.17) is 5.11 Å². The second-order valence-corrected chi connectivity index (χ2v) is 4.26. The molecule has 2 nitrogen and oxygen atoms in total. The third-order valence-corrected chi connectivity index (χ3v) is 2.57. The van der Waals surface area contributed by atoms with Crippen molar-refractivity contribution in [3.8, 4) is 0 Å². The monoisotopic (exact) mass is 200 g/mol. The van der Waals surface area contributed by atoms with Gasteiger partial charge in [-0.1, -0.05) is 58.8 Å². The molecule has 14 heavy (non-hydrogen) atoms. The molecule has 0 spiro atoms. The van der Waals surface area contributed by atoms with Gasteiger partial charge in [0.15, 0.2) is 0 Å². The fourth-order valence-corrected chi connectivity index (χ4v) is 1.67. The summed E-state index contributed by atoms with van der Waals surface area (Å²) in [5, 5.41) is 8.56. The average Bonchev–Trinajstić information content (AvgIpc) is 2.10. The van der Waals surface area contributed by atoms with Crippen LogP contribution >= 0.6 is 0 Å². The van der Waals surface area contributed by atoms with Gasteiger partial charge in [0.2, 0.25) is 0 Å². The molecule has 0 fully saturated rings. The van der Waals surface area contributed by atoms with Crippen molar-refractivity contribution in [2.45, 2.75) is 65.2 Å². The van der Waals surface area contributed by atoms with Crippen molar-refractivity contribution in [3.05, 3.63) is 0 Å². The van der Waals surface area contributed by atoms with Gasteiger partial charge in [0, 0.05) is 6.42 Å². The lowest BCUT2D eigenvalue weighted by Gasteiger charge is -2.07. The molecule has 0 radical (unpaired) electrons. The third-order valence-electron chi connectivity index (χ3n) is 2.57. The summed E-state index contributed by atoms with van der Waals surface area (Å²) in [5.74, 6) is -0.317. The van der Waals surface area contributed by atoms with Gasteiger partial charge in [-0.25, -0.2) is 0 Å². The van der Waals surface area contributed by atoms with Gasteiger partial charge in [0.05, 0.1) is 0 Å². The van der Waals surface area contributed by atoms with E-state index in [0.717, 1.165) is 6.42 Å². The van der Waals surface area contributed by atoms with E-state index in [9.17, 15) is 4.79 Å². The Kier molecular flexibility index (Phi) is 8.70. The van der Waals surface area contributed by atoms with Crippen molar-refractivity contribution in [2.24, 2.45) is 5.92 Å². The van der Waals surface area contributed by atoms with Crippen LogP contribution in [0.1, 0.15) is 65.2 Å². The molecule has 0 aromatic heterocycles. The van der Waals surface area contributed by atoms with Crippen LogP contribution < -0.4 is 0 Å². The highest BCUT2D eigenvalue weighted by Crippen LogP contribution is 2.14. The maximum absolute atomic E-state index is 10.4. The van der Waals surface area contributed by atoms with Crippen LogP contribution in [0.15, 0.2) is 0 Å². The van der Waals surface area contributed by atoms with Crippen molar-refractivity contribution < 1.29 is 9.90 Å². The molecule has 0 aromatic rings. The van der Waals surface area contributed by atoms with Gasteiger partial charge in [-0.15, -0.1) is 0 Å². The lowest BCUT2D eigenvalue weighted by Crippen LogP contribution is -2.03. The first-order valence-corrected chi connectivity index (χ1v) is 5.88. The van der Waals surface area contributed by atoms with Gasteiger partial charge in [-0.2, -0.15) is 0 Å². The van der Waals surface area contributed by atoms with E-state index in [1.54, 1.807) is 0 Å². The molecule has 0 heterocycles. The molecule has 1 unspecified atom stereocenters. The number of carbonyl (C=O) groups is 1. The number of unbranched alkanes of at least 4 members (excludes halogenated alkanes) is 5. The van der Waals surface area contributed by atoms with Crippen molar-refractivity contribution >= 4 is 5.97 Å². The van der Waals surface area contributed by atoms with Crippen LogP contribution in [0.4, 0.5) is 0 Å². The smallest absolute Gasteiger partial charge is 0.303 e. The Hall–Kier alpha value is -0.530. The van der Waals surface area contributed by atoms with Gasteiger partial charge in [-0.3, -0.25) is 4.79 Å². The number of aliphatic carboxylic acids is 1. The Bertz CT molecular complexity index is 143. The van der Waals surface area contributed by atoms with Crippen molar-refractivity contribution in [2.75, 3.05) is 0 Å². The summed E-state index contributed by atoms with van der Waals surface area (Å²) in [6.07, 6.45) is 9.13. The Morgan fingerprint density at radius 2 is 1.71 bits per heavy atom. The topological polar surface area (TPSA) is 37.3 Å². The fraction of sp³-hybridized carbons (Fsp3) is 0.917. The summed E-state index contributed by atoms with van der Waals surface area (Å²) >= 11 is 0. The Morgan fingerprint density at radius 3 is 2.29 bits per heavy atom.